The van der Waals surface area contributed by atoms with Crippen LogP contribution in [0.4, 0.5) is 11.4 Å². The van der Waals surface area contributed by atoms with Crippen LogP contribution in [0.5, 0.6) is 11.5 Å². The zero-order chi connectivity index (χ0) is 53.2. The molecule has 382 valence electrons. The molecular formula is C70H76N4O. The van der Waals surface area contributed by atoms with Crippen molar-refractivity contribution in [3.8, 4) is 17.3 Å². The van der Waals surface area contributed by atoms with Crippen LogP contribution in [0.3, 0.4) is 0 Å². The van der Waals surface area contributed by atoms with Crippen molar-refractivity contribution in [1.29, 1.82) is 0 Å². The third kappa shape index (κ3) is 9.79. The lowest BCUT2D eigenvalue weighted by atomic mass is 9.78. The summed E-state index contributed by atoms with van der Waals surface area (Å²) < 4.78 is 9.63. The Labute approximate surface area is 447 Å². The topological polar surface area (TPSA) is 33.5 Å². The van der Waals surface area contributed by atoms with Gasteiger partial charge in [-0.25, -0.2) is 4.98 Å². The zero-order valence-electron chi connectivity index (χ0n) is 46.9. The fourth-order valence-corrected chi connectivity index (χ4v) is 11.1. The Hall–Kier alpha value is -7.37. The molecule has 0 atom stereocenters. The first-order valence-electron chi connectivity index (χ1n) is 27.1. The number of benzene rings is 7. The summed E-state index contributed by atoms with van der Waals surface area (Å²) in [6, 6.07) is 62.5. The fourth-order valence-electron chi connectivity index (χ4n) is 11.1. The lowest BCUT2D eigenvalue weighted by Crippen LogP contribution is -2.28. The summed E-state index contributed by atoms with van der Waals surface area (Å²) in [7, 11) is 0. The molecule has 0 radical (unpaired) electrons. The highest BCUT2D eigenvalue weighted by molar-refractivity contribution is 6.10. The average molecular weight is 989 g/mol. The van der Waals surface area contributed by atoms with Crippen molar-refractivity contribution < 1.29 is 4.74 Å². The maximum absolute atomic E-state index is 7.30. The number of pyridine rings is 1. The first-order chi connectivity index (χ1) is 35.6. The summed E-state index contributed by atoms with van der Waals surface area (Å²) in [6.07, 6.45) is 4.36. The molecule has 5 heteroatoms. The number of rotatable bonds is 12. The second-order valence-electron chi connectivity index (χ2n) is 24.7. The molecule has 1 aliphatic rings. The SMILES string of the molecule is CC(C)c1cccc(C(C)C)c1C1=CN(c2cccc(C(C)(C)C)c2)CN1c1cc(Oc2ccc3c4cc(C(C)(C)C)ccc4n(-c4cc(C(C)(C)c5ccccc5)ccn4)c3c2)cc(C(C)(C)c2ccccc2)c1. The van der Waals surface area contributed by atoms with Crippen LogP contribution < -0.4 is 14.5 Å². The number of aromatic nitrogens is 2. The van der Waals surface area contributed by atoms with E-state index in [-0.39, 0.29) is 21.7 Å². The summed E-state index contributed by atoms with van der Waals surface area (Å²) >= 11 is 0. The van der Waals surface area contributed by atoms with E-state index in [2.05, 4.69) is 287 Å². The van der Waals surface area contributed by atoms with Gasteiger partial charge in [-0.3, -0.25) is 4.57 Å². The highest BCUT2D eigenvalue weighted by atomic mass is 16.5. The molecule has 5 nitrogen and oxygen atoms in total. The van der Waals surface area contributed by atoms with Crippen molar-refractivity contribution in [3.63, 3.8) is 0 Å². The molecule has 0 N–H and O–H groups in total. The predicted octanol–water partition coefficient (Wildman–Crippen LogP) is 18.7. The largest absolute Gasteiger partial charge is 0.457 e. The number of fused-ring (bicyclic) bond motifs is 3. The number of anilines is 2. The van der Waals surface area contributed by atoms with Crippen molar-refractivity contribution in [3.05, 3.63) is 232 Å². The summed E-state index contributed by atoms with van der Waals surface area (Å²) in [6.45, 7) is 32.9. The van der Waals surface area contributed by atoms with E-state index in [1.807, 2.05) is 6.20 Å². The van der Waals surface area contributed by atoms with Gasteiger partial charge in [0.2, 0.25) is 0 Å². The molecular weight excluding hydrogens is 913 g/mol. The summed E-state index contributed by atoms with van der Waals surface area (Å²) in [5.41, 5.74) is 16.5. The number of ether oxygens (including phenoxy) is 1. The van der Waals surface area contributed by atoms with Gasteiger partial charge in [0, 0.05) is 63.1 Å². The van der Waals surface area contributed by atoms with Crippen LogP contribution in [0, 0.1) is 0 Å². The Morgan fingerprint density at radius 1 is 0.453 bits per heavy atom. The predicted molar refractivity (Wildman–Crippen MR) is 318 cm³/mol. The quantitative estimate of drug-likeness (QED) is 0.122. The second kappa shape index (κ2) is 19.4. The molecule has 0 fully saturated rings. The number of hydrogen-bond donors (Lipinski definition) is 0. The van der Waals surface area contributed by atoms with Gasteiger partial charge in [0.1, 0.15) is 17.3 Å². The van der Waals surface area contributed by atoms with Crippen LogP contribution in [0.15, 0.2) is 182 Å². The molecule has 9 aromatic rings. The molecule has 0 saturated carbocycles. The Kier molecular flexibility index (Phi) is 13.2. The Balaban J connectivity index is 1.15. The molecule has 0 unspecified atom stereocenters. The monoisotopic (exact) mass is 989 g/mol. The Morgan fingerprint density at radius 2 is 1.04 bits per heavy atom. The minimum absolute atomic E-state index is 0.00713. The number of hydrogen-bond acceptors (Lipinski definition) is 4. The van der Waals surface area contributed by atoms with Gasteiger partial charge >= 0.3 is 0 Å². The summed E-state index contributed by atoms with van der Waals surface area (Å²) in [5, 5.41) is 2.35. The van der Waals surface area contributed by atoms with Gasteiger partial charge in [0.15, 0.2) is 0 Å². The van der Waals surface area contributed by atoms with Crippen LogP contribution in [0.25, 0.3) is 33.3 Å². The van der Waals surface area contributed by atoms with Gasteiger partial charge in [0.05, 0.1) is 23.4 Å². The molecule has 0 spiro atoms. The summed E-state index contributed by atoms with van der Waals surface area (Å²) in [5.74, 6) is 3.05. The lowest BCUT2D eigenvalue weighted by Gasteiger charge is -2.31. The minimum Gasteiger partial charge on any atom is -0.457 e. The molecule has 10 rings (SSSR count). The zero-order valence-corrected chi connectivity index (χ0v) is 46.9. The van der Waals surface area contributed by atoms with Gasteiger partial charge in [-0.2, -0.15) is 0 Å². The van der Waals surface area contributed by atoms with Crippen molar-refractivity contribution in [2.75, 3.05) is 16.5 Å². The van der Waals surface area contributed by atoms with E-state index in [4.69, 9.17) is 9.72 Å². The molecule has 3 heterocycles. The average Bonchev–Trinajstić information content (AvgIpc) is 3.99. The maximum atomic E-state index is 7.30. The summed E-state index contributed by atoms with van der Waals surface area (Å²) in [4.78, 5) is 10.1. The van der Waals surface area contributed by atoms with Gasteiger partial charge in [-0.05, 0) is 128 Å². The van der Waals surface area contributed by atoms with Crippen LogP contribution in [-0.4, -0.2) is 16.2 Å². The van der Waals surface area contributed by atoms with Gasteiger partial charge in [-0.1, -0.05) is 194 Å². The maximum Gasteiger partial charge on any atom is 0.137 e. The van der Waals surface area contributed by atoms with Crippen molar-refractivity contribution >= 4 is 38.9 Å². The molecule has 0 bridgehead atoms. The lowest BCUT2D eigenvalue weighted by molar-refractivity contribution is 0.480. The Morgan fingerprint density at radius 3 is 1.67 bits per heavy atom. The number of nitrogens with zero attached hydrogens (tertiary/aromatic N) is 4. The van der Waals surface area contributed by atoms with E-state index in [1.54, 1.807) is 0 Å². The van der Waals surface area contributed by atoms with Gasteiger partial charge in [0.25, 0.3) is 0 Å². The van der Waals surface area contributed by atoms with Crippen LogP contribution in [0.2, 0.25) is 0 Å². The van der Waals surface area contributed by atoms with Crippen molar-refractivity contribution in [1.82, 2.24) is 9.55 Å². The molecule has 0 aliphatic carbocycles. The molecule has 0 saturated heterocycles. The van der Waals surface area contributed by atoms with Crippen molar-refractivity contribution in [2.45, 2.75) is 130 Å². The van der Waals surface area contributed by atoms with Crippen LogP contribution in [0.1, 0.15) is 159 Å². The van der Waals surface area contributed by atoms with E-state index in [9.17, 15) is 0 Å². The first-order valence-corrected chi connectivity index (χ1v) is 27.1. The molecule has 7 aromatic carbocycles. The normalized spacial score (nSPS) is 13.7. The van der Waals surface area contributed by atoms with E-state index in [1.165, 1.54) is 66.8 Å². The van der Waals surface area contributed by atoms with E-state index in [0.717, 1.165) is 39.4 Å². The highest BCUT2D eigenvalue weighted by Gasteiger charge is 2.33. The second-order valence-corrected chi connectivity index (χ2v) is 24.7. The highest BCUT2D eigenvalue weighted by Crippen LogP contribution is 2.46. The van der Waals surface area contributed by atoms with E-state index >= 15 is 0 Å². The molecule has 0 amide bonds. The third-order valence-corrected chi connectivity index (χ3v) is 16.0. The minimum atomic E-state index is -0.357. The Bertz CT molecular complexity index is 3550. The molecule has 2 aromatic heterocycles. The standard InChI is InChI=1S/C70H76N4O/c1-46(2)58-29-22-30-59(47(3)4)66(58)64-44-72(54-28-21-27-50(37-54)67(5,6)7)45-73(64)55-38-53(70(13,14)49-25-19-16-20-26-49)39-57(42-55)75-56-32-33-60-61-40-51(68(8,9)10)31-34-62(61)74(63(60)43-56)65-41-52(35-36-71-65)69(11,12)48-23-17-15-18-24-48/h15-44,46-47H,45H2,1-14H3. The third-order valence-electron chi connectivity index (χ3n) is 16.0. The fraction of sp³-hybridized carbons (Fsp3) is 0.300. The van der Waals surface area contributed by atoms with E-state index in [0.29, 0.717) is 18.5 Å². The van der Waals surface area contributed by atoms with Gasteiger partial charge < -0.3 is 14.5 Å². The van der Waals surface area contributed by atoms with Gasteiger partial charge in [-0.15, -0.1) is 0 Å². The van der Waals surface area contributed by atoms with Crippen LogP contribution >= 0.6 is 0 Å². The smallest absolute Gasteiger partial charge is 0.137 e. The van der Waals surface area contributed by atoms with Crippen LogP contribution in [-0.2, 0) is 21.7 Å². The molecule has 75 heavy (non-hydrogen) atoms. The molecule has 1 aliphatic heterocycles. The van der Waals surface area contributed by atoms with E-state index < -0.39 is 0 Å². The van der Waals surface area contributed by atoms with Crippen molar-refractivity contribution in [2.24, 2.45) is 0 Å². The first kappa shape index (κ1) is 51.1.